The van der Waals surface area contributed by atoms with E-state index in [4.69, 9.17) is 16.6 Å². The van der Waals surface area contributed by atoms with Gasteiger partial charge in [-0.1, -0.05) is 45.7 Å². The number of rotatable bonds is 5. The molecule has 4 aromatic rings. The Labute approximate surface area is 206 Å². The lowest BCUT2D eigenvalue weighted by Gasteiger charge is -2.31. The van der Waals surface area contributed by atoms with Crippen LogP contribution in [0.25, 0.3) is 16.7 Å². The average Bonchev–Trinajstić information content (AvgIpc) is 3.17. The van der Waals surface area contributed by atoms with Crippen molar-refractivity contribution in [2.45, 2.75) is 19.4 Å². The number of aromatic nitrogens is 2. The van der Waals surface area contributed by atoms with Crippen molar-refractivity contribution in [1.29, 1.82) is 0 Å². The second-order valence-electron chi connectivity index (χ2n) is 8.40. The summed E-state index contributed by atoms with van der Waals surface area (Å²) in [7, 11) is 0. The van der Waals surface area contributed by atoms with Gasteiger partial charge in [-0.25, -0.2) is 4.98 Å². The zero-order chi connectivity index (χ0) is 22.8. The van der Waals surface area contributed by atoms with Gasteiger partial charge in [0, 0.05) is 27.4 Å². The molecule has 0 saturated carbocycles. The third-order valence-electron chi connectivity index (χ3n) is 6.05. The van der Waals surface area contributed by atoms with E-state index in [0.29, 0.717) is 18.1 Å². The van der Waals surface area contributed by atoms with Crippen molar-refractivity contribution < 1.29 is 4.79 Å². The topological polar surface area (TPSA) is 50.2 Å². The van der Waals surface area contributed by atoms with E-state index in [9.17, 15) is 4.79 Å². The van der Waals surface area contributed by atoms with Crippen molar-refractivity contribution in [3.63, 3.8) is 0 Å². The van der Waals surface area contributed by atoms with Gasteiger partial charge in [-0.15, -0.1) is 0 Å². The number of anilines is 1. The number of carbonyl (C=O) groups is 1. The number of halogens is 2. The molecule has 5 nitrogen and oxygen atoms in total. The fourth-order valence-electron chi connectivity index (χ4n) is 4.48. The Morgan fingerprint density at radius 1 is 1.09 bits per heavy atom. The quantitative estimate of drug-likeness (QED) is 0.334. The molecule has 5 rings (SSSR count). The molecule has 1 saturated heterocycles. The molecule has 3 aromatic carbocycles. The van der Waals surface area contributed by atoms with Gasteiger partial charge in [0.05, 0.1) is 23.5 Å². The first kappa shape index (κ1) is 22.1. The molecule has 0 radical (unpaired) electrons. The molecule has 1 amide bonds. The van der Waals surface area contributed by atoms with Crippen LogP contribution in [0.15, 0.2) is 77.3 Å². The van der Waals surface area contributed by atoms with E-state index in [1.54, 1.807) is 12.1 Å². The standard InChI is InChI=1S/C26H24BrClN4O/c27-19-10-12-22(13-11-19)32-24-9-2-1-8-23(24)30-25(32)17-31-14-4-5-18(16-31)26(33)29-21-7-3-6-20(28)15-21/h1-3,6-13,15,18H,4-5,14,16-17H2,(H,29,33)/t18-/m1/s1. The molecule has 1 fully saturated rings. The van der Waals surface area contributed by atoms with Crippen molar-refractivity contribution in [1.82, 2.24) is 14.5 Å². The van der Waals surface area contributed by atoms with E-state index >= 15 is 0 Å². The number of imidazole rings is 1. The highest BCUT2D eigenvalue weighted by Crippen LogP contribution is 2.26. The minimum absolute atomic E-state index is 0.0448. The first-order valence-corrected chi connectivity index (χ1v) is 12.2. The van der Waals surface area contributed by atoms with Crippen LogP contribution in [0, 0.1) is 5.92 Å². The van der Waals surface area contributed by atoms with Crippen molar-refractivity contribution in [3.05, 3.63) is 88.1 Å². The summed E-state index contributed by atoms with van der Waals surface area (Å²) in [5, 5.41) is 3.64. The average molecular weight is 524 g/mol. The third kappa shape index (κ3) is 4.98. The maximum absolute atomic E-state index is 12.9. The number of fused-ring (bicyclic) bond motifs is 1. The van der Waals surface area contributed by atoms with E-state index in [1.165, 1.54) is 0 Å². The number of nitrogens with one attached hydrogen (secondary N) is 1. The van der Waals surface area contributed by atoms with E-state index < -0.39 is 0 Å². The Hall–Kier alpha value is -2.67. The molecule has 1 aliphatic heterocycles. The molecule has 0 spiro atoms. The van der Waals surface area contributed by atoms with E-state index in [2.05, 4.69) is 48.9 Å². The van der Waals surface area contributed by atoms with Crippen LogP contribution in [0.5, 0.6) is 0 Å². The molecule has 1 aliphatic rings. The SMILES string of the molecule is O=C(Nc1cccc(Cl)c1)[C@@H]1CCCN(Cc2nc3ccccc3n2-c2ccc(Br)cc2)C1. The van der Waals surface area contributed by atoms with Gasteiger partial charge in [-0.2, -0.15) is 0 Å². The Morgan fingerprint density at radius 3 is 2.73 bits per heavy atom. The minimum atomic E-state index is -0.0664. The van der Waals surface area contributed by atoms with Gasteiger partial charge in [-0.05, 0) is 74.0 Å². The number of nitrogens with zero attached hydrogens (tertiary/aromatic N) is 3. The van der Waals surface area contributed by atoms with Gasteiger partial charge in [0.15, 0.2) is 0 Å². The van der Waals surface area contributed by atoms with Gasteiger partial charge in [0.25, 0.3) is 0 Å². The largest absolute Gasteiger partial charge is 0.326 e. The highest BCUT2D eigenvalue weighted by molar-refractivity contribution is 9.10. The number of hydrogen-bond donors (Lipinski definition) is 1. The van der Waals surface area contributed by atoms with Crippen molar-refractivity contribution >= 4 is 50.2 Å². The Morgan fingerprint density at radius 2 is 1.91 bits per heavy atom. The summed E-state index contributed by atoms with van der Waals surface area (Å²) in [6, 6.07) is 23.8. The number of piperidine rings is 1. The second-order valence-corrected chi connectivity index (χ2v) is 9.75. The maximum Gasteiger partial charge on any atom is 0.228 e. The highest BCUT2D eigenvalue weighted by Gasteiger charge is 2.27. The summed E-state index contributed by atoms with van der Waals surface area (Å²) in [5.74, 6) is 0.959. The van der Waals surface area contributed by atoms with Crippen molar-refractivity contribution in [2.24, 2.45) is 5.92 Å². The molecule has 0 bridgehead atoms. The smallest absolute Gasteiger partial charge is 0.228 e. The Bertz CT molecular complexity index is 1290. The normalized spacial score (nSPS) is 16.7. The van der Waals surface area contributed by atoms with Gasteiger partial charge in [0.1, 0.15) is 5.82 Å². The molecule has 7 heteroatoms. The number of likely N-dealkylation sites (tertiary alicyclic amines) is 1. The summed E-state index contributed by atoms with van der Waals surface area (Å²) in [6.07, 6.45) is 1.86. The number of benzene rings is 3. The lowest BCUT2D eigenvalue weighted by Crippen LogP contribution is -2.40. The van der Waals surface area contributed by atoms with Crippen LogP contribution in [0.1, 0.15) is 18.7 Å². The van der Waals surface area contributed by atoms with Crippen LogP contribution in [0.4, 0.5) is 5.69 Å². The molecular weight excluding hydrogens is 500 g/mol. The van der Waals surface area contributed by atoms with Crippen LogP contribution in [0.2, 0.25) is 5.02 Å². The summed E-state index contributed by atoms with van der Waals surface area (Å²) >= 11 is 9.59. The Balaban J connectivity index is 1.36. The lowest BCUT2D eigenvalue weighted by atomic mass is 9.97. The van der Waals surface area contributed by atoms with E-state index in [1.807, 2.05) is 42.5 Å². The number of hydrogen-bond acceptors (Lipinski definition) is 3. The van der Waals surface area contributed by atoms with Crippen molar-refractivity contribution in [3.8, 4) is 5.69 Å². The Kier molecular flexibility index (Phi) is 6.49. The second kappa shape index (κ2) is 9.67. The maximum atomic E-state index is 12.9. The van der Waals surface area contributed by atoms with E-state index in [-0.39, 0.29) is 11.8 Å². The zero-order valence-electron chi connectivity index (χ0n) is 18.0. The van der Waals surface area contributed by atoms with Gasteiger partial charge >= 0.3 is 0 Å². The van der Waals surface area contributed by atoms with Crippen LogP contribution in [-0.4, -0.2) is 33.4 Å². The summed E-state index contributed by atoms with van der Waals surface area (Å²) in [6.45, 7) is 2.34. The summed E-state index contributed by atoms with van der Waals surface area (Å²) < 4.78 is 3.26. The molecule has 1 N–H and O–H groups in total. The molecular formula is C26H24BrClN4O. The predicted octanol–water partition coefficient (Wildman–Crippen LogP) is 6.29. The van der Waals surface area contributed by atoms with E-state index in [0.717, 1.165) is 52.1 Å². The van der Waals surface area contributed by atoms with Gasteiger partial charge in [0.2, 0.25) is 5.91 Å². The van der Waals surface area contributed by atoms with Crippen LogP contribution in [0.3, 0.4) is 0 Å². The number of para-hydroxylation sites is 2. The summed E-state index contributed by atoms with van der Waals surface area (Å²) in [5.41, 5.74) is 3.88. The summed E-state index contributed by atoms with van der Waals surface area (Å²) in [4.78, 5) is 20.2. The first-order valence-electron chi connectivity index (χ1n) is 11.1. The zero-order valence-corrected chi connectivity index (χ0v) is 20.4. The minimum Gasteiger partial charge on any atom is -0.326 e. The molecule has 0 unspecified atom stereocenters. The first-order chi connectivity index (χ1) is 16.1. The fraction of sp³-hybridized carbons (Fsp3) is 0.231. The van der Waals surface area contributed by atoms with Crippen LogP contribution < -0.4 is 5.32 Å². The molecule has 2 heterocycles. The molecule has 168 valence electrons. The monoisotopic (exact) mass is 522 g/mol. The van der Waals surface area contributed by atoms with Crippen LogP contribution in [-0.2, 0) is 11.3 Å². The lowest BCUT2D eigenvalue weighted by molar-refractivity contribution is -0.121. The molecule has 1 atom stereocenters. The highest BCUT2D eigenvalue weighted by atomic mass is 79.9. The fourth-order valence-corrected chi connectivity index (χ4v) is 4.94. The molecule has 0 aliphatic carbocycles. The predicted molar refractivity (Wildman–Crippen MR) is 137 cm³/mol. The van der Waals surface area contributed by atoms with Crippen LogP contribution >= 0.6 is 27.5 Å². The molecule has 1 aromatic heterocycles. The van der Waals surface area contributed by atoms with Gasteiger partial charge < -0.3 is 5.32 Å². The number of amides is 1. The molecule has 33 heavy (non-hydrogen) atoms. The van der Waals surface area contributed by atoms with Gasteiger partial charge in [-0.3, -0.25) is 14.3 Å². The third-order valence-corrected chi connectivity index (χ3v) is 6.81. The van der Waals surface area contributed by atoms with Crippen molar-refractivity contribution in [2.75, 3.05) is 18.4 Å². The number of carbonyl (C=O) groups excluding carboxylic acids is 1.